The summed E-state index contributed by atoms with van der Waals surface area (Å²) < 4.78 is 0. The summed E-state index contributed by atoms with van der Waals surface area (Å²) in [4.78, 5) is 32.4. The third-order valence-corrected chi connectivity index (χ3v) is 8.73. The fourth-order valence-electron chi connectivity index (χ4n) is 5.17. The van der Waals surface area contributed by atoms with Crippen LogP contribution in [0, 0.1) is 25.2 Å². The molecule has 35 heavy (non-hydrogen) atoms. The van der Waals surface area contributed by atoms with Crippen molar-refractivity contribution in [1.82, 2.24) is 9.80 Å². The van der Waals surface area contributed by atoms with Crippen LogP contribution in [0.25, 0.3) is 0 Å². The fraction of sp³-hybridized carbons (Fsp3) is 0.571. The van der Waals surface area contributed by atoms with Crippen LogP contribution in [0.3, 0.4) is 0 Å². The van der Waals surface area contributed by atoms with Crippen LogP contribution in [0.15, 0.2) is 18.2 Å². The molecule has 2 heterocycles. The van der Waals surface area contributed by atoms with Crippen molar-refractivity contribution in [2.75, 3.05) is 50.4 Å². The van der Waals surface area contributed by atoms with Gasteiger partial charge in [0.05, 0.1) is 12.1 Å². The van der Waals surface area contributed by atoms with Gasteiger partial charge in [-0.2, -0.15) is 0 Å². The first-order valence-corrected chi connectivity index (χ1v) is 13.6. The van der Waals surface area contributed by atoms with Gasteiger partial charge in [0.2, 0.25) is 5.91 Å². The Morgan fingerprint density at radius 2 is 1.80 bits per heavy atom. The maximum Gasteiger partial charge on any atom is 0.258 e. The molecule has 1 aromatic carbocycles. The largest absolute Gasteiger partial charge is 0.322 e. The van der Waals surface area contributed by atoms with Crippen LogP contribution in [0.4, 0.5) is 10.7 Å². The van der Waals surface area contributed by atoms with E-state index in [2.05, 4.69) is 54.3 Å². The van der Waals surface area contributed by atoms with E-state index >= 15 is 0 Å². The van der Waals surface area contributed by atoms with Gasteiger partial charge in [-0.1, -0.05) is 38.5 Å². The maximum absolute atomic E-state index is 13.6. The third-order valence-electron chi connectivity index (χ3n) is 7.56. The fourth-order valence-corrected chi connectivity index (χ4v) is 6.51. The third kappa shape index (κ3) is 6.13. The van der Waals surface area contributed by atoms with Crippen molar-refractivity contribution in [3.8, 4) is 0 Å². The predicted octanol–water partition coefficient (Wildman–Crippen LogP) is 4.95. The highest BCUT2D eigenvalue weighted by molar-refractivity contribution is 7.17. The van der Waals surface area contributed by atoms with E-state index in [4.69, 9.17) is 0 Å². The van der Waals surface area contributed by atoms with Crippen molar-refractivity contribution < 1.29 is 9.59 Å². The van der Waals surface area contributed by atoms with Crippen LogP contribution >= 0.6 is 11.3 Å². The molecule has 0 bridgehead atoms. The van der Waals surface area contributed by atoms with Crippen LogP contribution in [0.1, 0.15) is 59.1 Å². The molecular weight excluding hydrogens is 456 g/mol. The average Bonchev–Trinajstić information content (AvgIpc) is 3.13. The average molecular weight is 497 g/mol. The number of hydrogen-bond acceptors (Lipinski definition) is 5. The summed E-state index contributed by atoms with van der Waals surface area (Å²) in [7, 11) is 2.11. The number of amides is 2. The van der Waals surface area contributed by atoms with Gasteiger partial charge in [0.25, 0.3) is 5.91 Å². The van der Waals surface area contributed by atoms with E-state index in [9.17, 15) is 9.59 Å². The number of nitrogens with zero attached hydrogens (tertiary/aromatic N) is 2. The van der Waals surface area contributed by atoms with Gasteiger partial charge in [0, 0.05) is 36.7 Å². The molecule has 2 aromatic rings. The Morgan fingerprint density at radius 3 is 2.46 bits per heavy atom. The van der Waals surface area contributed by atoms with Crippen LogP contribution in [0.5, 0.6) is 0 Å². The number of aryl methyl sites for hydroxylation is 2. The van der Waals surface area contributed by atoms with Crippen molar-refractivity contribution in [2.45, 2.75) is 53.9 Å². The van der Waals surface area contributed by atoms with E-state index in [-0.39, 0.29) is 17.2 Å². The number of likely N-dealkylation sites (N-methyl/N-ethyl adjacent to an activating group) is 1. The minimum Gasteiger partial charge on any atom is -0.322 e. The van der Waals surface area contributed by atoms with E-state index in [1.807, 2.05) is 26.0 Å². The lowest BCUT2D eigenvalue weighted by molar-refractivity contribution is -0.117. The molecule has 2 amide bonds. The molecule has 0 radical (unpaired) electrons. The highest BCUT2D eigenvalue weighted by Crippen LogP contribution is 2.44. The number of piperazine rings is 1. The first-order valence-electron chi connectivity index (χ1n) is 12.7. The zero-order chi connectivity index (χ0) is 25.3. The summed E-state index contributed by atoms with van der Waals surface area (Å²) in [6.45, 7) is 15.0. The van der Waals surface area contributed by atoms with E-state index in [0.717, 1.165) is 62.3 Å². The summed E-state index contributed by atoms with van der Waals surface area (Å²) >= 11 is 1.60. The van der Waals surface area contributed by atoms with Crippen molar-refractivity contribution in [2.24, 2.45) is 11.3 Å². The SMILES string of the molecule is Cc1ccc(NC(=O)c2c(NC(=O)CN3CCN(C)CC3)sc3c2CC[C@@H](C(C)(C)C)C3)c(C)c1. The van der Waals surface area contributed by atoms with Gasteiger partial charge >= 0.3 is 0 Å². The molecular formula is C28H40N4O2S. The Labute approximate surface area is 214 Å². The molecule has 0 spiro atoms. The highest BCUT2D eigenvalue weighted by Gasteiger charge is 2.34. The number of carbonyl (C=O) groups excluding carboxylic acids is 2. The molecule has 0 saturated carbocycles. The lowest BCUT2D eigenvalue weighted by Gasteiger charge is -2.33. The quantitative estimate of drug-likeness (QED) is 0.615. The number of hydrogen-bond donors (Lipinski definition) is 2. The Morgan fingerprint density at radius 1 is 1.09 bits per heavy atom. The maximum atomic E-state index is 13.6. The molecule has 1 aromatic heterocycles. The zero-order valence-corrected chi connectivity index (χ0v) is 22.9. The molecule has 1 fully saturated rings. The highest BCUT2D eigenvalue weighted by atomic mass is 32.1. The van der Waals surface area contributed by atoms with E-state index in [1.165, 1.54) is 10.4 Å². The van der Waals surface area contributed by atoms with Crippen molar-refractivity contribution in [1.29, 1.82) is 0 Å². The number of thiophene rings is 1. The van der Waals surface area contributed by atoms with Gasteiger partial charge < -0.3 is 15.5 Å². The van der Waals surface area contributed by atoms with Gasteiger partial charge in [0.1, 0.15) is 5.00 Å². The smallest absolute Gasteiger partial charge is 0.258 e. The molecule has 4 rings (SSSR count). The molecule has 190 valence electrons. The predicted molar refractivity (Wildman–Crippen MR) is 146 cm³/mol. The van der Waals surface area contributed by atoms with Gasteiger partial charge in [-0.15, -0.1) is 11.3 Å². The van der Waals surface area contributed by atoms with E-state index in [1.54, 1.807) is 11.3 Å². The topological polar surface area (TPSA) is 64.7 Å². The summed E-state index contributed by atoms with van der Waals surface area (Å²) in [6, 6.07) is 6.05. The van der Waals surface area contributed by atoms with Crippen LogP contribution in [-0.4, -0.2) is 61.4 Å². The van der Waals surface area contributed by atoms with Gasteiger partial charge in [-0.3, -0.25) is 14.5 Å². The molecule has 2 N–H and O–H groups in total. The number of carbonyl (C=O) groups is 2. The summed E-state index contributed by atoms with van der Waals surface area (Å²) in [5.74, 6) is 0.400. The molecule has 1 saturated heterocycles. The Balaban J connectivity index is 1.58. The monoisotopic (exact) mass is 496 g/mol. The minimum absolute atomic E-state index is 0.0407. The molecule has 7 heteroatoms. The Bertz CT molecular complexity index is 1090. The molecule has 2 aliphatic rings. The number of fused-ring (bicyclic) bond motifs is 1. The first-order chi connectivity index (χ1) is 16.5. The standard InChI is InChI=1S/C28H40N4O2S/c1-18-7-10-22(19(2)15-18)29-26(34)25-21-9-8-20(28(3,4)5)16-23(21)35-27(25)30-24(33)17-32-13-11-31(6)12-14-32/h7,10,15,20H,8-9,11-14,16-17H2,1-6H3,(H,29,34)(H,30,33)/t20-/m1/s1. The molecule has 0 unspecified atom stereocenters. The van der Waals surface area contributed by atoms with Crippen molar-refractivity contribution in [3.63, 3.8) is 0 Å². The summed E-state index contributed by atoms with van der Waals surface area (Å²) in [5.41, 5.74) is 5.01. The number of rotatable bonds is 5. The molecule has 1 atom stereocenters. The second-order valence-electron chi connectivity index (χ2n) is 11.4. The van der Waals surface area contributed by atoms with Crippen molar-refractivity contribution in [3.05, 3.63) is 45.3 Å². The second-order valence-corrected chi connectivity index (χ2v) is 12.5. The van der Waals surface area contributed by atoms with Gasteiger partial charge in [0.15, 0.2) is 0 Å². The van der Waals surface area contributed by atoms with Crippen LogP contribution in [-0.2, 0) is 17.6 Å². The molecule has 1 aliphatic carbocycles. The zero-order valence-electron chi connectivity index (χ0n) is 22.1. The normalized spacial score (nSPS) is 19.3. The Hall–Kier alpha value is -2.22. The summed E-state index contributed by atoms with van der Waals surface area (Å²) in [6.07, 6.45) is 2.89. The first kappa shape index (κ1) is 25.9. The Kier molecular flexibility index (Phi) is 7.69. The van der Waals surface area contributed by atoms with Crippen LogP contribution < -0.4 is 10.6 Å². The minimum atomic E-state index is -0.126. The van der Waals surface area contributed by atoms with Gasteiger partial charge in [-0.05, 0) is 68.7 Å². The van der Waals surface area contributed by atoms with Crippen LogP contribution in [0.2, 0.25) is 0 Å². The second kappa shape index (κ2) is 10.4. The molecule has 1 aliphatic heterocycles. The number of anilines is 2. The molecule has 6 nitrogen and oxygen atoms in total. The van der Waals surface area contributed by atoms with Gasteiger partial charge in [-0.25, -0.2) is 0 Å². The lowest BCUT2D eigenvalue weighted by Crippen LogP contribution is -2.47. The lowest BCUT2D eigenvalue weighted by atomic mass is 9.72. The number of nitrogens with one attached hydrogen (secondary N) is 2. The number of benzene rings is 1. The van der Waals surface area contributed by atoms with Crippen molar-refractivity contribution >= 4 is 33.8 Å². The van der Waals surface area contributed by atoms with E-state index < -0.39 is 0 Å². The summed E-state index contributed by atoms with van der Waals surface area (Å²) in [5, 5.41) is 6.97. The van der Waals surface area contributed by atoms with E-state index in [0.29, 0.717) is 23.0 Å².